The van der Waals surface area contributed by atoms with Gasteiger partial charge >= 0.3 is 0 Å². The number of aromatic nitrogens is 1. The second-order valence-electron chi connectivity index (χ2n) is 7.89. The minimum absolute atomic E-state index is 0.229. The van der Waals surface area contributed by atoms with Crippen LogP contribution in [0.4, 0.5) is 5.82 Å². The van der Waals surface area contributed by atoms with Gasteiger partial charge in [0.05, 0.1) is 6.10 Å². The van der Waals surface area contributed by atoms with E-state index in [0.717, 1.165) is 70.7 Å². The lowest BCUT2D eigenvalue weighted by Gasteiger charge is -2.48. The summed E-state index contributed by atoms with van der Waals surface area (Å²) in [6.07, 6.45) is 6.21. The van der Waals surface area contributed by atoms with E-state index in [9.17, 15) is 4.79 Å². The molecule has 0 radical (unpaired) electrons. The summed E-state index contributed by atoms with van der Waals surface area (Å²) in [5.74, 6) is 1.18. The van der Waals surface area contributed by atoms with Gasteiger partial charge in [0.2, 0.25) is 5.91 Å². The molecule has 1 atom stereocenters. The molecule has 0 saturated carbocycles. The van der Waals surface area contributed by atoms with Gasteiger partial charge in [-0.05, 0) is 49.7 Å². The van der Waals surface area contributed by atoms with E-state index < -0.39 is 0 Å². The van der Waals surface area contributed by atoms with Crippen LogP contribution in [0.5, 0.6) is 0 Å². The molecule has 1 spiro atoms. The van der Waals surface area contributed by atoms with Gasteiger partial charge in [-0.2, -0.15) is 5.26 Å². The summed E-state index contributed by atoms with van der Waals surface area (Å²) in [4.78, 5) is 21.1. The van der Waals surface area contributed by atoms with Gasteiger partial charge in [0.1, 0.15) is 17.6 Å². The number of anilines is 1. The first-order chi connectivity index (χ1) is 12.7. The van der Waals surface area contributed by atoms with E-state index in [-0.39, 0.29) is 17.4 Å². The molecule has 3 saturated heterocycles. The van der Waals surface area contributed by atoms with Gasteiger partial charge in [0.15, 0.2) is 0 Å². The number of rotatable bonds is 3. The number of piperidine rings is 2. The molecule has 6 nitrogen and oxygen atoms in total. The molecule has 3 fully saturated rings. The molecule has 26 heavy (non-hydrogen) atoms. The van der Waals surface area contributed by atoms with Crippen LogP contribution < -0.4 is 4.90 Å². The molecule has 4 rings (SSSR count). The summed E-state index contributed by atoms with van der Waals surface area (Å²) in [5.41, 5.74) is 0.698. The quantitative estimate of drug-likeness (QED) is 0.833. The Hall–Kier alpha value is -2.13. The van der Waals surface area contributed by atoms with Gasteiger partial charge < -0.3 is 14.5 Å². The largest absolute Gasteiger partial charge is 0.376 e. The number of hydrogen-bond donors (Lipinski definition) is 0. The second kappa shape index (κ2) is 7.24. The van der Waals surface area contributed by atoms with Crippen LogP contribution in [-0.2, 0) is 9.53 Å². The van der Waals surface area contributed by atoms with Crippen LogP contribution in [0.3, 0.4) is 0 Å². The lowest BCUT2D eigenvalue weighted by molar-refractivity contribution is -0.140. The molecule has 0 aromatic carbocycles. The van der Waals surface area contributed by atoms with Crippen molar-refractivity contribution in [2.24, 2.45) is 5.41 Å². The number of carbonyl (C=O) groups is 1. The maximum Gasteiger partial charge on any atom is 0.222 e. The van der Waals surface area contributed by atoms with Crippen molar-refractivity contribution >= 4 is 11.7 Å². The van der Waals surface area contributed by atoms with Crippen molar-refractivity contribution in [3.63, 3.8) is 0 Å². The van der Waals surface area contributed by atoms with Crippen LogP contribution in [0.1, 0.15) is 44.2 Å². The average Bonchev–Trinajstić information content (AvgIpc) is 3.19. The molecule has 0 bridgehead atoms. The third-order valence-corrected chi connectivity index (χ3v) is 6.19. The van der Waals surface area contributed by atoms with Gasteiger partial charge in [-0.15, -0.1) is 0 Å². The van der Waals surface area contributed by atoms with Crippen LogP contribution >= 0.6 is 0 Å². The molecule has 3 aliphatic heterocycles. The average molecular weight is 354 g/mol. The highest BCUT2D eigenvalue weighted by Gasteiger charge is 2.41. The maximum atomic E-state index is 12.4. The zero-order chi connectivity index (χ0) is 18.0. The van der Waals surface area contributed by atoms with E-state index in [4.69, 9.17) is 10.00 Å². The Labute approximate surface area is 154 Å². The Morgan fingerprint density at radius 3 is 2.88 bits per heavy atom. The van der Waals surface area contributed by atoms with E-state index in [0.29, 0.717) is 12.1 Å². The number of ether oxygens (including phenoxy) is 1. The van der Waals surface area contributed by atoms with E-state index in [2.05, 4.69) is 20.9 Å². The SMILES string of the molecule is N#Cc1cccc(N2CCC3(CCC(=O)N(CC4CCCO4)C3)CC2)n1. The highest BCUT2D eigenvalue weighted by Crippen LogP contribution is 2.41. The van der Waals surface area contributed by atoms with Crippen LogP contribution in [0.15, 0.2) is 18.2 Å². The van der Waals surface area contributed by atoms with Crippen LogP contribution in [0.2, 0.25) is 0 Å². The zero-order valence-corrected chi connectivity index (χ0v) is 15.2. The summed E-state index contributed by atoms with van der Waals surface area (Å²) in [7, 11) is 0. The minimum atomic E-state index is 0.229. The molecule has 4 heterocycles. The van der Waals surface area contributed by atoms with Gasteiger partial charge in [0.25, 0.3) is 0 Å². The number of hydrogen-bond acceptors (Lipinski definition) is 5. The van der Waals surface area contributed by atoms with Crippen molar-refractivity contribution in [2.75, 3.05) is 37.7 Å². The molecule has 1 amide bonds. The first-order valence-corrected chi connectivity index (χ1v) is 9.69. The van der Waals surface area contributed by atoms with E-state index in [1.54, 1.807) is 6.07 Å². The van der Waals surface area contributed by atoms with Crippen LogP contribution in [0, 0.1) is 16.7 Å². The molecule has 1 unspecified atom stereocenters. The highest BCUT2D eigenvalue weighted by atomic mass is 16.5. The molecule has 0 N–H and O–H groups in total. The van der Waals surface area contributed by atoms with E-state index >= 15 is 0 Å². The minimum Gasteiger partial charge on any atom is -0.376 e. The topological polar surface area (TPSA) is 69.5 Å². The predicted molar refractivity (Wildman–Crippen MR) is 97.6 cm³/mol. The first kappa shape index (κ1) is 17.3. The Morgan fingerprint density at radius 1 is 1.31 bits per heavy atom. The Balaban J connectivity index is 1.39. The number of pyridine rings is 1. The number of nitrogens with zero attached hydrogens (tertiary/aromatic N) is 4. The lowest BCUT2D eigenvalue weighted by Crippen LogP contribution is -2.53. The third kappa shape index (κ3) is 3.54. The number of carbonyl (C=O) groups excluding carboxylic acids is 1. The van der Waals surface area contributed by atoms with Crippen molar-refractivity contribution < 1.29 is 9.53 Å². The van der Waals surface area contributed by atoms with Crippen molar-refractivity contribution in [1.29, 1.82) is 5.26 Å². The van der Waals surface area contributed by atoms with Gasteiger partial charge in [-0.25, -0.2) is 4.98 Å². The standard InChI is InChI=1S/C20H26N4O2/c21-13-16-3-1-5-18(22-16)23-10-8-20(9-11-23)7-6-19(25)24(15-20)14-17-4-2-12-26-17/h1,3,5,17H,2,4,6-12,14-15H2. The maximum absolute atomic E-state index is 12.4. The Morgan fingerprint density at radius 2 is 2.15 bits per heavy atom. The Bertz CT molecular complexity index is 700. The predicted octanol–water partition coefficient (Wildman–Crippen LogP) is 2.34. The summed E-state index contributed by atoms with van der Waals surface area (Å²) in [6.45, 7) is 4.33. The number of nitriles is 1. The fourth-order valence-electron chi connectivity index (χ4n) is 4.58. The number of amides is 1. The molecular weight excluding hydrogens is 328 g/mol. The third-order valence-electron chi connectivity index (χ3n) is 6.19. The van der Waals surface area contributed by atoms with Gasteiger partial charge in [-0.1, -0.05) is 6.07 Å². The van der Waals surface area contributed by atoms with E-state index in [1.165, 1.54) is 0 Å². The molecule has 1 aromatic heterocycles. The summed E-state index contributed by atoms with van der Waals surface area (Å²) < 4.78 is 5.74. The molecule has 1 aromatic rings. The summed E-state index contributed by atoms with van der Waals surface area (Å²) in [5, 5.41) is 9.05. The van der Waals surface area contributed by atoms with Crippen molar-refractivity contribution in [3.8, 4) is 6.07 Å². The lowest BCUT2D eigenvalue weighted by atomic mass is 9.72. The molecule has 6 heteroatoms. The monoisotopic (exact) mass is 354 g/mol. The number of likely N-dealkylation sites (tertiary alicyclic amines) is 1. The Kier molecular flexibility index (Phi) is 4.82. The molecule has 0 aliphatic carbocycles. The smallest absolute Gasteiger partial charge is 0.222 e. The van der Waals surface area contributed by atoms with Crippen molar-refractivity contribution in [3.05, 3.63) is 23.9 Å². The fraction of sp³-hybridized carbons (Fsp3) is 0.650. The van der Waals surface area contributed by atoms with Crippen LogP contribution in [0.25, 0.3) is 0 Å². The van der Waals surface area contributed by atoms with Gasteiger partial charge in [0, 0.05) is 39.2 Å². The molecule has 138 valence electrons. The highest BCUT2D eigenvalue weighted by molar-refractivity contribution is 5.77. The second-order valence-corrected chi connectivity index (χ2v) is 7.89. The summed E-state index contributed by atoms with van der Waals surface area (Å²) >= 11 is 0. The van der Waals surface area contributed by atoms with Crippen molar-refractivity contribution in [1.82, 2.24) is 9.88 Å². The molecule has 3 aliphatic rings. The van der Waals surface area contributed by atoms with Crippen LogP contribution in [-0.4, -0.2) is 54.7 Å². The van der Waals surface area contributed by atoms with Gasteiger partial charge in [-0.3, -0.25) is 4.79 Å². The summed E-state index contributed by atoms with van der Waals surface area (Å²) in [6, 6.07) is 7.73. The zero-order valence-electron chi connectivity index (χ0n) is 15.2. The first-order valence-electron chi connectivity index (χ1n) is 9.69. The van der Waals surface area contributed by atoms with Crippen molar-refractivity contribution in [2.45, 2.75) is 44.6 Å². The normalized spacial score (nSPS) is 25.5. The van der Waals surface area contributed by atoms with E-state index in [1.807, 2.05) is 12.1 Å². The molecular formula is C20H26N4O2. The fourth-order valence-corrected chi connectivity index (χ4v) is 4.58.